The van der Waals surface area contributed by atoms with Gasteiger partial charge in [0.25, 0.3) is 0 Å². The van der Waals surface area contributed by atoms with Crippen LogP contribution < -0.4 is 0 Å². The van der Waals surface area contributed by atoms with E-state index in [-0.39, 0.29) is 23.3 Å². The summed E-state index contributed by atoms with van der Waals surface area (Å²) in [6.07, 6.45) is -0.795. The zero-order chi connectivity index (χ0) is 14.2. The average Bonchev–Trinajstić information content (AvgIpc) is 2.54. The molecule has 0 radical (unpaired) electrons. The van der Waals surface area contributed by atoms with E-state index < -0.39 is 32.1 Å². The van der Waals surface area contributed by atoms with Crippen LogP contribution in [-0.4, -0.2) is 33.5 Å². The largest absolute Gasteiger partial charge is 0.508 e. The Bertz CT molecular complexity index is 465. The van der Waals surface area contributed by atoms with Crippen molar-refractivity contribution in [1.29, 1.82) is 0 Å². The molecule has 3 rings (SSSR count). The molecule has 1 aliphatic heterocycles. The van der Waals surface area contributed by atoms with E-state index in [1.807, 2.05) is 0 Å². The molecule has 106 valence electrons. The molecule has 19 heavy (non-hydrogen) atoms. The number of fused-ring (bicyclic) bond motifs is 5. The highest BCUT2D eigenvalue weighted by molar-refractivity contribution is 6.65. The molecule has 3 nitrogen and oxygen atoms in total. The van der Waals surface area contributed by atoms with E-state index >= 15 is 0 Å². The first-order valence-corrected chi connectivity index (χ1v) is 7.57. The first-order chi connectivity index (χ1) is 8.69. The highest BCUT2D eigenvalue weighted by atomic mass is 35.5. The van der Waals surface area contributed by atoms with E-state index in [1.165, 1.54) is 0 Å². The molecule has 3 aliphatic rings. The monoisotopic (exact) mass is 384 g/mol. The highest BCUT2D eigenvalue weighted by Crippen LogP contribution is 2.76. The van der Waals surface area contributed by atoms with E-state index in [2.05, 4.69) is 0 Å². The number of rotatable bonds is 0. The lowest BCUT2D eigenvalue weighted by Gasteiger charge is -2.33. The molecular formula is C10H6Cl6O3. The molecule has 0 unspecified atom stereocenters. The van der Waals surface area contributed by atoms with Crippen molar-refractivity contribution < 1.29 is 14.3 Å². The predicted octanol–water partition coefficient (Wildman–Crippen LogP) is 4.23. The smallest absolute Gasteiger partial charge is 0.434 e. The Labute approximate surface area is 139 Å². The van der Waals surface area contributed by atoms with Gasteiger partial charge in [0.05, 0.1) is 10.1 Å². The number of ether oxygens (including phenoxy) is 2. The SMILES string of the molecule is O=C1OC[C@@H]2[C@H](CO1)[C@@]1(Cl)C(Cl)=C(Cl)[C@]2(Cl)C1(Cl)Cl. The molecule has 0 aromatic carbocycles. The van der Waals surface area contributed by atoms with Crippen molar-refractivity contribution >= 4 is 75.8 Å². The van der Waals surface area contributed by atoms with Gasteiger partial charge in [0, 0.05) is 11.8 Å². The van der Waals surface area contributed by atoms with Gasteiger partial charge >= 0.3 is 6.16 Å². The summed E-state index contributed by atoms with van der Waals surface area (Å²) >= 11 is 38.2. The Hall–Kier alpha value is 0.750. The van der Waals surface area contributed by atoms with Crippen molar-refractivity contribution in [2.24, 2.45) is 11.8 Å². The topological polar surface area (TPSA) is 35.5 Å². The van der Waals surface area contributed by atoms with Crippen molar-refractivity contribution in [3.63, 3.8) is 0 Å². The minimum Gasteiger partial charge on any atom is -0.434 e. The maximum absolute atomic E-state index is 11.2. The van der Waals surface area contributed by atoms with E-state index in [4.69, 9.17) is 79.1 Å². The zero-order valence-electron chi connectivity index (χ0n) is 9.06. The van der Waals surface area contributed by atoms with E-state index in [0.717, 1.165) is 0 Å². The summed E-state index contributed by atoms with van der Waals surface area (Å²) in [7, 11) is 0. The molecule has 4 atom stereocenters. The molecule has 0 N–H and O–H groups in total. The molecule has 1 saturated heterocycles. The molecule has 0 aromatic heterocycles. The molecular weight excluding hydrogens is 381 g/mol. The third-order valence-corrected chi connectivity index (χ3v) is 8.36. The van der Waals surface area contributed by atoms with Crippen molar-refractivity contribution in [3.8, 4) is 0 Å². The Kier molecular flexibility index (Phi) is 3.20. The molecule has 9 heteroatoms. The van der Waals surface area contributed by atoms with Crippen LogP contribution in [0.4, 0.5) is 4.79 Å². The molecule has 0 amide bonds. The standard InChI is InChI=1S/C10H6Cl6O3/c11-5-6(12)9(14)4-2-19-7(17)18-1-3(4)8(5,13)10(9,15)16/h3-4H,1-2H2/t3-,4+,8+,9-. The Morgan fingerprint density at radius 3 is 1.63 bits per heavy atom. The van der Waals surface area contributed by atoms with Gasteiger partial charge in [-0.25, -0.2) is 4.79 Å². The Morgan fingerprint density at radius 2 is 1.26 bits per heavy atom. The molecule has 1 saturated carbocycles. The van der Waals surface area contributed by atoms with Gasteiger partial charge in [-0.15, -0.1) is 23.2 Å². The van der Waals surface area contributed by atoms with Crippen molar-refractivity contribution in [2.45, 2.75) is 14.1 Å². The maximum Gasteiger partial charge on any atom is 0.508 e. The van der Waals surface area contributed by atoms with Gasteiger partial charge in [0.2, 0.25) is 0 Å². The van der Waals surface area contributed by atoms with E-state index in [9.17, 15) is 4.79 Å². The van der Waals surface area contributed by atoms with Crippen molar-refractivity contribution in [2.75, 3.05) is 13.2 Å². The van der Waals surface area contributed by atoms with Crippen LogP contribution >= 0.6 is 69.6 Å². The van der Waals surface area contributed by atoms with Gasteiger partial charge < -0.3 is 9.47 Å². The minimum atomic E-state index is -1.63. The summed E-state index contributed by atoms with van der Waals surface area (Å²) < 4.78 is 8.20. The Morgan fingerprint density at radius 1 is 0.895 bits per heavy atom. The second-order valence-electron chi connectivity index (χ2n) is 4.71. The predicted molar refractivity (Wildman–Crippen MR) is 74.6 cm³/mol. The first kappa shape index (κ1) is 14.7. The van der Waals surface area contributed by atoms with Gasteiger partial charge in [-0.05, 0) is 0 Å². The molecule has 0 aromatic rings. The number of hydrogen-bond acceptors (Lipinski definition) is 3. The minimum absolute atomic E-state index is 0.0386. The number of allylic oxidation sites excluding steroid dienone is 2. The van der Waals surface area contributed by atoms with Crippen LogP contribution in [0.15, 0.2) is 10.1 Å². The maximum atomic E-state index is 11.2. The number of carbonyl (C=O) groups excluding carboxylic acids is 1. The summed E-state index contributed by atoms with van der Waals surface area (Å²) in [6, 6.07) is 0. The van der Waals surface area contributed by atoms with Crippen LogP contribution in [-0.2, 0) is 9.47 Å². The van der Waals surface area contributed by atoms with Crippen LogP contribution in [0.5, 0.6) is 0 Å². The van der Waals surface area contributed by atoms with E-state index in [0.29, 0.717) is 0 Å². The second kappa shape index (κ2) is 4.15. The zero-order valence-corrected chi connectivity index (χ0v) is 13.6. The number of hydrogen-bond donors (Lipinski definition) is 0. The molecule has 0 spiro atoms. The average molecular weight is 387 g/mol. The van der Waals surface area contributed by atoms with Gasteiger partial charge in [0.15, 0.2) is 4.33 Å². The normalized spacial score (nSPS) is 47.6. The van der Waals surface area contributed by atoms with Gasteiger partial charge in [-0.3, -0.25) is 0 Å². The van der Waals surface area contributed by atoms with Gasteiger partial charge in [0.1, 0.15) is 23.0 Å². The molecule has 2 fully saturated rings. The molecule has 1 heterocycles. The summed E-state index contributed by atoms with van der Waals surface area (Å²) in [4.78, 5) is 8.39. The number of cyclic esters (lactones) is 2. The van der Waals surface area contributed by atoms with Crippen LogP contribution in [0.3, 0.4) is 0 Å². The first-order valence-electron chi connectivity index (χ1n) is 5.30. The highest BCUT2D eigenvalue weighted by Gasteiger charge is 2.82. The molecule has 2 aliphatic carbocycles. The fourth-order valence-corrected chi connectivity index (χ4v) is 6.08. The van der Waals surface area contributed by atoms with Crippen LogP contribution in [0.1, 0.15) is 0 Å². The molecule has 2 bridgehead atoms. The summed E-state index contributed by atoms with van der Waals surface area (Å²) in [5.41, 5.74) is 0. The summed E-state index contributed by atoms with van der Waals surface area (Å²) in [6.45, 7) is -0.0773. The number of halogens is 6. The third kappa shape index (κ3) is 1.43. The lowest BCUT2D eigenvalue weighted by Crippen LogP contribution is -2.45. The lowest BCUT2D eigenvalue weighted by molar-refractivity contribution is 0.0657. The Balaban J connectivity index is 2.19. The summed E-state index contributed by atoms with van der Waals surface area (Å²) in [5, 5.41) is 0.185. The fourth-order valence-electron chi connectivity index (χ4n) is 3.02. The summed E-state index contributed by atoms with van der Waals surface area (Å²) in [5.74, 6) is -0.966. The van der Waals surface area contributed by atoms with Crippen LogP contribution in [0, 0.1) is 11.8 Å². The quantitative estimate of drug-likeness (QED) is 0.461. The van der Waals surface area contributed by atoms with Crippen molar-refractivity contribution in [1.82, 2.24) is 0 Å². The lowest BCUT2D eigenvalue weighted by atomic mass is 9.83. The van der Waals surface area contributed by atoms with Crippen LogP contribution in [0.25, 0.3) is 0 Å². The van der Waals surface area contributed by atoms with Crippen molar-refractivity contribution in [3.05, 3.63) is 10.1 Å². The number of carbonyl (C=O) groups is 1. The van der Waals surface area contributed by atoms with E-state index in [1.54, 1.807) is 0 Å². The van der Waals surface area contributed by atoms with Gasteiger partial charge in [-0.1, -0.05) is 46.4 Å². The fraction of sp³-hybridized carbons (Fsp3) is 0.700. The van der Waals surface area contributed by atoms with Gasteiger partial charge in [-0.2, -0.15) is 0 Å². The number of alkyl halides is 4. The second-order valence-corrected chi connectivity index (χ2v) is 7.99. The van der Waals surface area contributed by atoms with Crippen LogP contribution in [0.2, 0.25) is 0 Å². The third-order valence-electron chi connectivity index (χ3n) is 4.01.